The molecule has 0 saturated heterocycles. The summed E-state index contributed by atoms with van der Waals surface area (Å²) in [5, 5.41) is 14.6. The van der Waals surface area contributed by atoms with Crippen LogP contribution >= 0.6 is 0 Å². The van der Waals surface area contributed by atoms with Crippen molar-refractivity contribution in [1.82, 2.24) is 10.6 Å². The zero-order chi connectivity index (χ0) is 13.9. The summed E-state index contributed by atoms with van der Waals surface area (Å²) in [5.74, 6) is -0.562. The van der Waals surface area contributed by atoms with Crippen LogP contribution in [0.2, 0.25) is 0 Å². The zero-order valence-corrected chi connectivity index (χ0v) is 10.8. The van der Waals surface area contributed by atoms with Crippen LogP contribution in [-0.4, -0.2) is 35.1 Å². The SMILES string of the molecule is CC(NC(=O)c1ccco1)C(=O)NC1(CO)CCC1. The third kappa shape index (κ3) is 2.96. The van der Waals surface area contributed by atoms with Gasteiger partial charge in [0.1, 0.15) is 6.04 Å². The molecule has 1 atom stereocenters. The summed E-state index contributed by atoms with van der Waals surface area (Å²) in [7, 11) is 0. The molecule has 6 heteroatoms. The van der Waals surface area contributed by atoms with Crippen LogP contribution in [0.1, 0.15) is 36.7 Å². The minimum absolute atomic E-state index is 0.0718. The highest BCUT2D eigenvalue weighted by Crippen LogP contribution is 2.31. The van der Waals surface area contributed by atoms with Crippen LogP contribution < -0.4 is 10.6 Å². The molecule has 0 bridgehead atoms. The fraction of sp³-hybridized carbons (Fsp3) is 0.538. The predicted molar refractivity (Wildman–Crippen MR) is 67.4 cm³/mol. The van der Waals surface area contributed by atoms with E-state index in [0.717, 1.165) is 19.3 Å². The lowest BCUT2D eigenvalue weighted by molar-refractivity contribution is -0.126. The Labute approximate surface area is 111 Å². The van der Waals surface area contributed by atoms with Gasteiger partial charge < -0.3 is 20.2 Å². The highest BCUT2D eigenvalue weighted by Gasteiger charge is 2.38. The molecule has 0 aliphatic heterocycles. The molecule has 104 valence electrons. The first-order chi connectivity index (χ1) is 9.06. The summed E-state index contributed by atoms with van der Waals surface area (Å²) >= 11 is 0. The zero-order valence-electron chi connectivity index (χ0n) is 10.8. The third-order valence-corrected chi connectivity index (χ3v) is 3.49. The predicted octanol–water partition coefficient (Wildman–Crippen LogP) is 0.429. The minimum atomic E-state index is -0.679. The lowest BCUT2D eigenvalue weighted by Gasteiger charge is -2.41. The Balaban J connectivity index is 1.87. The molecule has 1 saturated carbocycles. The summed E-state index contributed by atoms with van der Waals surface area (Å²) in [6.45, 7) is 1.53. The Hall–Kier alpha value is -1.82. The highest BCUT2D eigenvalue weighted by atomic mass is 16.3. The van der Waals surface area contributed by atoms with E-state index in [9.17, 15) is 14.7 Å². The largest absolute Gasteiger partial charge is 0.459 e. The Morgan fingerprint density at radius 3 is 2.74 bits per heavy atom. The van der Waals surface area contributed by atoms with Crippen molar-refractivity contribution in [3.63, 3.8) is 0 Å². The van der Waals surface area contributed by atoms with E-state index in [1.54, 1.807) is 13.0 Å². The number of carbonyl (C=O) groups is 2. The van der Waals surface area contributed by atoms with Crippen molar-refractivity contribution in [2.75, 3.05) is 6.61 Å². The smallest absolute Gasteiger partial charge is 0.287 e. The molecular formula is C13H18N2O4. The van der Waals surface area contributed by atoms with Gasteiger partial charge in [0.2, 0.25) is 5.91 Å². The summed E-state index contributed by atoms with van der Waals surface area (Å²) in [6.07, 6.45) is 3.94. The van der Waals surface area contributed by atoms with Crippen molar-refractivity contribution < 1.29 is 19.1 Å². The lowest BCUT2D eigenvalue weighted by atomic mass is 9.77. The average molecular weight is 266 g/mol. The normalized spacial score (nSPS) is 18.2. The van der Waals surface area contributed by atoms with Gasteiger partial charge in [-0.3, -0.25) is 9.59 Å². The van der Waals surface area contributed by atoms with Gasteiger partial charge in [-0.05, 0) is 38.3 Å². The van der Waals surface area contributed by atoms with Crippen molar-refractivity contribution in [3.8, 4) is 0 Å². The second-order valence-corrected chi connectivity index (χ2v) is 4.95. The third-order valence-electron chi connectivity index (χ3n) is 3.49. The standard InChI is InChI=1S/C13H18N2O4/c1-9(14-12(18)10-4-2-7-19-10)11(17)15-13(8-16)5-3-6-13/h2,4,7,9,16H,3,5-6,8H2,1H3,(H,14,18)(H,15,17). The fourth-order valence-electron chi connectivity index (χ4n) is 2.04. The first-order valence-electron chi connectivity index (χ1n) is 6.34. The number of furan rings is 1. The molecule has 1 fully saturated rings. The van der Waals surface area contributed by atoms with Crippen LogP contribution in [0.25, 0.3) is 0 Å². The minimum Gasteiger partial charge on any atom is -0.459 e. The van der Waals surface area contributed by atoms with Crippen LogP contribution in [0.5, 0.6) is 0 Å². The molecule has 1 aromatic heterocycles. The fourth-order valence-corrected chi connectivity index (χ4v) is 2.04. The molecule has 0 radical (unpaired) electrons. The highest BCUT2D eigenvalue weighted by molar-refractivity contribution is 5.95. The van der Waals surface area contributed by atoms with E-state index < -0.39 is 17.5 Å². The maximum absolute atomic E-state index is 11.9. The Morgan fingerprint density at radius 2 is 2.26 bits per heavy atom. The van der Waals surface area contributed by atoms with E-state index in [2.05, 4.69) is 10.6 Å². The van der Waals surface area contributed by atoms with Crippen LogP contribution in [-0.2, 0) is 4.79 Å². The molecule has 1 unspecified atom stereocenters. The van der Waals surface area contributed by atoms with Gasteiger partial charge in [-0.2, -0.15) is 0 Å². The first-order valence-corrected chi connectivity index (χ1v) is 6.34. The number of aliphatic hydroxyl groups excluding tert-OH is 1. The van der Waals surface area contributed by atoms with Crippen molar-refractivity contribution in [2.24, 2.45) is 0 Å². The summed E-state index contributed by atoms with van der Waals surface area (Å²) in [4.78, 5) is 23.7. The molecule has 2 rings (SSSR count). The topological polar surface area (TPSA) is 91.6 Å². The van der Waals surface area contributed by atoms with Gasteiger partial charge in [-0.25, -0.2) is 0 Å². The number of rotatable bonds is 5. The number of hydrogen-bond donors (Lipinski definition) is 3. The monoisotopic (exact) mass is 266 g/mol. The molecule has 3 N–H and O–H groups in total. The number of hydrogen-bond acceptors (Lipinski definition) is 4. The van der Waals surface area contributed by atoms with Gasteiger partial charge >= 0.3 is 0 Å². The Bertz CT molecular complexity index is 446. The second kappa shape index (κ2) is 5.44. The molecule has 6 nitrogen and oxygen atoms in total. The molecule has 2 amide bonds. The molecule has 1 heterocycles. The molecule has 19 heavy (non-hydrogen) atoms. The number of nitrogens with one attached hydrogen (secondary N) is 2. The van der Waals surface area contributed by atoms with E-state index >= 15 is 0 Å². The van der Waals surface area contributed by atoms with Crippen LogP contribution in [0.4, 0.5) is 0 Å². The molecule has 0 aromatic carbocycles. The Kier molecular flexibility index (Phi) is 3.90. The van der Waals surface area contributed by atoms with Gasteiger partial charge in [0.25, 0.3) is 5.91 Å². The molecule has 1 aliphatic rings. The van der Waals surface area contributed by atoms with Gasteiger partial charge in [0.15, 0.2) is 5.76 Å². The lowest BCUT2D eigenvalue weighted by Crippen LogP contribution is -2.60. The van der Waals surface area contributed by atoms with E-state index in [1.165, 1.54) is 12.3 Å². The molecule has 0 spiro atoms. The number of carbonyl (C=O) groups excluding carboxylic acids is 2. The van der Waals surface area contributed by atoms with E-state index in [1.807, 2.05) is 0 Å². The summed E-state index contributed by atoms with van der Waals surface area (Å²) < 4.78 is 4.95. The Morgan fingerprint density at radius 1 is 1.53 bits per heavy atom. The number of aliphatic hydroxyl groups is 1. The van der Waals surface area contributed by atoms with Crippen molar-refractivity contribution in [2.45, 2.75) is 37.8 Å². The summed E-state index contributed by atoms with van der Waals surface area (Å²) in [5.41, 5.74) is -0.499. The van der Waals surface area contributed by atoms with Crippen LogP contribution in [0, 0.1) is 0 Å². The maximum Gasteiger partial charge on any atom is 0.287 e. The van der Waals surface area contributed by atoms with Gasteiger partial charge in [0.05, 0.1) is 18.4 Å². The van der Waals surface area contributed by atoms with E-state index in [-0.39, 0.29) is 18.3 Å². The van der Waals surface area contributed by atoms with Crippen molar-refractivity contribution in [1.29, 1.82) is 0 Å². The molecule has 1 aromatic rings. The summed E-state index contributed by atoms with van der Waals surface area (Å²) in [6, 6.07) is 2.46. The van der Waals surface area contributed by atoms with E-state index in [0.29, 0.717) is 0 Å². The van der Waals surface area contributed by atoms with Gasteiger partial charge in [0, 0.05) is 0 Å². The van der Waals surface area contributed by atoms with Gasteiger partial charge in [-0.15, -0.1) is 0 Å². The van der Waals surface area contributed by atoms with E-state index in [4.69, 9.17) is 4.42 Å². The number of amides is 2. The average Bonchev–Trinajstić information content (AvgIpc) is 2.87. The van der Waals surface area contributed by atoms with Crippen molar-refractivity contribution >= 4 is 11.8 Å². The van der Waals surface area contributed by atoms with Crippen molar-refractivity contribution in [3.05, 3.63) is 24.2 Å². The molecular weight excluding hydrogens is 248 g/mol. The second-order valence-electron chi connectivity index (χ2n) is 4.95. The quantitative estimate of drug-likeness (QED) is 0.720. The maximum atomic E-state index is 11.9. The van der Waals surface area contributed by atoms with Gasteiger partial charge in [-0.1, -0.05) is 0 Å². The van der Waals surface area contributed by atoms with Crippen LogP contribution in [0.15, 0.2) is 22.8 Å². The first kappa shape index (κ1) is 13.6. The molecule has 1 aliphatic carbocycles. The van der Waals surface area contributed by atoms with Crippen LogP contribution in [0.3, 0.4) is 0 Å².